The minimum Gasteiger partial charge on any atom is -0.488 e. The molecule has 0 bridgehead atoms. The smallest absolute Gasteiger partial charge is 0.120 e. The predicted molar refractivity (Wildman–Crippen MR) is 77.3 cm³/mol. The Morgan fingerprint density at radius 1 is 1.16 bits per heavy atom. The fourth-order valence-corrected chi connectivity index (χ4v) is 2.46. The molecule has 1 saturated heterocycles. The maximum Gasteiger partial charge on any atom is 0.120 e. The van der Waals surface area contributed by atoms with Crippen LogP contribution in [0.1, 0.15) is 45.2 Å². The zero-order valence-electron chi connectivity index (χ0n) is 12.2. The molecule has 0 unspecified atom stereocenters. The maximum absolute atomic E-state index is 6.35. The molecule has 2 rings (SSSR count). The molecule has 0 saturated carbocycles. The van der Waals surface area contributed by atoms with Crippen LogP contribution in [0.5, 0.6) is 5.75 Å². The minimum absolute atomic E-state index is 0.104. The first-order chi connectivity index (χ1) is 8.96. The van der Waals surface area contributed by atoms with Gasteiger partial charge in [-0.25, -0.2) is 0 Å². The lowest BCUT2D eigenvalue weighted by Crippen LogP contribution is -2.27. The Kier molecular flexibility index (Phi) is 4.48. The van der Waals surface area contributed by atoms with Gasteiger partial charge in [-0.2, -0.15) is 0 Å². The topological polar surface area (TPSA) is 44.5 Å². The fraction of sp³-hybridized carbons (Fsp3) is 0.625. The van der Waals surface area contributed by atoms with Crippen molar-refractivity contribution in [3.63, 3.8) is 0 Å². The normalized spacial score (nSPS) is 19.2. The van der Waals surface area contributed by atoms with E-state index in [0.717, 1.165) is 31.8 Å². The molecule has 0 aromatic heterocycles. The Bertz CT molecular complexity index is 388. The average molecular weight is 263 g/mol. The second-order valence-electron chi connectivity index (χ2n) is 6.26. The number of ether oxygens (including phenoxy) is 2. The van der Waals surface area contributed by atoms with Crippen LogP contribution < -0.4 is 10.5 Å². The molecule has 1 aromatic carbocycles. The monoisotopic (exact) mass is 263 g/mol. The van der Waals surface area contributed by atoms with Crippen molar-refractivity contribution >= 4 is 0 Å². The molecule has 1 aliphatic heterocycles. The molecule has 1 heterocycles. The Balaban J connectivity index is 2.01. The first-order valence-electron chi connectivity index (χ1n) is 7.08. The molecule has 19 heavy (non-hydrogen) atoms. The fourth-order valence-electron chi connectivity index (χ4n) is 2.46. The molecule has 0 spiro atoms. The Morgan fingerprint density at radius 2 is 1.74 bits per heavy atom. The van der Waals surface area contributed by atoms with Gasteiger partial charge in [0.05, 0.1) is 0 Å². The van der Waals surface area contributed by atoms with E-state index in [1.807, 2.05) is 12.1 Å². The van der Waals surface area contributed by atoms with E-state index >= 15 is 0 Å². The zero-order valence-corrected chi connectivity index (χ0v) is 12.2. The third-order valence-corrected chi connectivity index (χ3v) is 3.46. The van der Waals surface area contributed by atoms with E-state index in [9.17, 15) is 0 Å². The SMILES string of the molecule is CC(C)(C)Oc1ccc([C@H](N)C2CCOCC2)cc1. The summed E-state index contributed by atoms with van der Waals surface area (Å²) in [6, 6.07) is 8.30. The molecule has 0 aliphatic carbocycles. The Hall–Kier alpha value is -1.06. The van der Waals surface area contributed by atoms with E-state index in [0.29, 0.717) is 5.92 Å². The van der Waals surface area contributed by atoms with E-state index in [2.05, 4.69) is 32.9 Å². The highest BCUT2D eigenvalue weighted by Gasteiger charge is 2.22. The van der Waals surface area contributed by atoms with E-state index in [4.69, 9.17) is 15.2 Å². The summed E-state index contributed by atoms with van der Waals surface area (Å²) in [7, 11) is 0. The zero-order chi connectivity index (χ0) is 13.9. The summed E-state index contributed by atoms with van der Waals surface area (Å²) in [5, 5.41) is 0. The van der Waals surface area contributed by atoms with Crippen molar-refractivity contribution in [2.24, 2.45) is 11.7 Å². The first-order valence-corrected chi connectivity index (χ1v) is 7.08. The summed E-state index contributed by atoms with van der Waals surface area (Å²) in [6.45, 7) is 7.82. The summed E-state index contributed by atoms with van der Waals surface area (Å²) in [5.74, 6) is 1.43. The molecule has 1 aliphatic rings. The summed E-state index contributed by atoms with van der Waals surface area (Å²) in [5.41, 5.74) is 7.38. The van der Waals surface area contributed by atoms with Crippen LogP contribution in [0.25, 0.3) is 0 Å². The molecule has 0 amide bonds. The summed E-state index contributed by atoms with van der Waals surface area (Å²) >= 11 is 0. The van der Waals surface area contributed by atoms with Gasteiger partial charge in [-0.15, -0.1) is 0 Å². The highest BCUT2D eigenvalue weighted by molar-refractivity contribution is 5.29. The lowest BCUT2D eigenvalue weighted by atomic mass is 9.88. The third-order valence-electron chi connectivity index (χ3n) is 3.46. The second-order valence-corrected chi connectivity index (χ2v) is 6.26. The van der Waals surface area contributed by atoms with Crippen LogP contribution in [0.2, 0.25) is 0 Å². The highest BCUT2D eigenvalue weighted by atomic mass is 16.5. The summed E-state index contributed by atoms with van der Waals surface area (Å²) < 4.78 is 11.2. The Labute approximate surface area is 116 Å². The van der Waals surface area contributed by atoms with Gasteiger partial charge in [0.15, 0.2) is 0 Å². The standard InChI is InChI=1S/C16H25NO2/c1-16(2,3)19-14-6-4-12(5-7-14)15(17)13-8-10-18-11-9-13/h4-7,13,15H,8-11,17H2,1-3H3/t15-/m0/s1. The van der Waals surface area contributed by atoms with Crippen molar-refractivity contribution in [1.82, 2.24) is 0 Å². The predicted octanol–water partition coefficient (Wildman–Crippen LogP) is 3.29. The number of hydrogen-bond donors (Lipinski definition) is 1. The van der Waals surface area contributed by atoms with E-state index in [-0.39, 0.29) is 11.6 Å². The molecule has 1 aromatic rings. The number of nitrogens with two attached hydrogens (primary N) is 1. The second kappa shape index (κ2) is 5.93. The van der Waals surface area contributed by atoms with Crippen LogP contribution in [0.4, 0.5) is 0 Å². The van der Waals surface area contributed by atoms with Gasteiger partial charge in [0.2, 0.25) is 0 Å². The lowest BCUT2D eigenvalue weighted by Gasteiger charge is -2.28. The van der Waals surface area contributed by atoms with Crippen molar-refractivity contribution in [3.8, 4) is 5.75 Å². The summed E-state index contributed by atoms with van der Waals surface area (Å²) in [6.07, 6.45) is 2.11. The van der Waals surface area contributed by atoms with Crippen LogP contribution >= 0.6 is 0 Å². The largest absolute Gasteiger partial charge is 0.488 e. The van der Waals surface area contributed by atoms with Crippen molar-refractivity contribution < 1.29 is 9.47 Å². The molecule has 106 valence electrons. The average Bonchev–Trinajstić information content (AvgIpc) is 2.38. The van der Waals surface area contributed by atoms with Crippen LogP contribution in [0, 0.1) is 5.92 Å². The van der Waals surface area contributed by atoms with Gasteiger partial charge in [-0.1, -0.05) is 12.1 Å². The first kappa shape index (κ1) is 14.4. The van der Waals surface area contributed by atoms with Crippen molar-refractivity contribution in [3.05, 3.63) is 29.8 Å². The third kappa shape index (κ3) is 4.22. The van der Waals surface area contributed by atoms with Crippen LogP contribution in [0.15, 0.2) is 24.3 Å². The molecule has 2 N–H and O–H groups in total. The van der Waals surface area contributed by atoms with Gasteiger partial charge < -0.3 is 15.2 Å². The van der Waals surface area contributed by atoms with Crippen LogP contribution in [0.3, 0.4) is 0 Å². The van der Waals surface area contributed by atoms with E-state index < -0.39 is 0 Å². The quantitative estimate of drug-likeness (QED) is 0.910. The van der Waals surface area contributed by atoms with E-state index in [1.54, 1.807) is 0 Å². The molecule has 3 nitrogen and oxygen atoms in total. The molecular weight excluding hydrogens is 238 g/mol. The molecular formula is C16H25NO2. The lowest BCUT2D eigenvalue weighted by molar-refractivity contribution is 0.0583. The minimum atomic E-state index is -0.162. The van der Waals surface area contributed by atoms with Gasteiger partial charge in [0.25, 0.3) is 0 Å². The van der Waals surface area contributed by atoms with Gasteiger partial charge in [0, 0.05) is 19.3 Å². The molecule has 0 radical (unpaired) electrons. The van der Waals surface area contributed by atoms with E-state index in [1.165, 1.54) is 5.56 Å². The maximum atomic E-state index is 6.35. The van der Waals surface area contributed by atoms with Crippen LogP contribution in [-0.4, -0.2) is 18.8 Å². The molecule has 1 atom stereocenters. The van der Waals surface area contributed by atoms with Crippen LogP contribution in [-0.2, 0) is 4.74 Å². The van der Waals surface area contributed by atoms with Gasteiger partial charge in [0.1, 0.15) is 11.4 Å². The highest BCUT2D eigenvalue weighted by Crippen LogP contribution is 2.29. The molecule has 3 heteroatoms. The van der Waals surface area contributed by atoms with Gasteiger partial charge in [-0.05, 0) is 57.2 Å². The Morgan fingerprint density at radius 3 is 2.26 bits per heavy atom. The summed E-state index contributed by atoms with van der Waals surface area (Å²) in [4.78, 5) is 0. The van der Waals surface area contributed by atoms with Crippen molar-refractivity contribution in [2.45, 2.75) is 45.3 Å². The van der Waals surface area contributed by atoms with Gasteiger partial charge in [-0.3, -0.25) is 0 Å². The molecule has 1 fully saturated rings. The van der Waals surface area contributed by atoms with Gasteiger partial charge >= 0.3 is 0 Å². The number of benzene rings is 1. The number of hydrogen-bond acceptors (Lipinski definition) is 3. The van der Waals surface area contributed by atoms with Crippen molar-refractivity contribution in [2.75, 3.05) is 13.2 Å². The number of rotatable bonds is 3. The van der Waals surface area contributed by atoms with Crippen molar-refractivity contribution in [1.29, 1.82) is 0 Å².